The summed E-state index contributed by atoms with van der Waals surface area (Å²) in [6, 6.07) is 5.14. The van der Waals surface area contributed by atoms with Crippen LogP contribution in [0.4, 0.5) is 0 Å². The topological polar surface area (TPSA) is 12.0 Å². The van der Waals surface area contributed by atoms with Crippen LogP contribution in [0.15, 0.2) is 12.1 Å². The van der Waals surface area contributed by atoms with Gasteiger partial charge in [0, 0.05) is 12.6 Å². The lowest BCUT2D eigenvalue weighted by atomic mass is 9.99. The number of nitrogens with one attached hydrogen (secondary N) is 1. The van der Waals surface area contributed by atoms with Crippen molar-refractivity contribution in [1.82, 2.24) is 5.32 Å². The lowest BCUT2D eigenvalue weighted by Crippen LogP contribution is -2.27. The molecule has 0 aliphatic rings. The van der Waals surface area contributed by atoms with E-state index in [0.29, 0.717) is 6.04 Å². The Morgan fingerprint density at radius 3 is 2.00 bits per heavy atom. The van der Waals surface area contributed by atoms with Crippen LogP contribution in [0.25, 0.3) is 0 Å². The highest BCUT2D eigenvalue weighted by atomic mass is 14.9. The molecule has 0 aliphatic carbocycles. The number of rotatable bonds is 5. The first-order chi connectivity index (χ1) is 7.90. The van der Waals surface area contributed by atoms with Crippen LogP contribution in [-0.2, 0) is 6.54 Å². The molecule has 0 bridgehead atoms. The summed E-state index contributed by atoms with van der Waals surface area (Å²) in [6.45, 7) is 14.4. The molecular formula is C16H27N. The smallest absolute Gasteiger partial charge is 0.0213 e. The van der Waals surface area contributed by atoms with Gasteiger partial charge in [0.15, 0.2) is 0 Å². The largest absolute Gasteiger partial charge is 0.310 e. The van der Waals surface area contributed by atoms with Crippen LogP contribution in [0.1, 0.15) is 49.4 Å². The summed E-state index contributed by atoms with van der Waals surface area (Å²) in [6.07, 6.45) is 1.24. The van der Waals surface area contributed by atoms with Crippen LogP contribution in [-0.4, -0.2) is 6.04 Å². The predicted octanol–water partition coefficient (Wildman–Crippen LogP) is 4.14. The Balaban J connectivity index is 2.63. The van der Waals surface area contributed by atoms with Crippen molar-refractivity contribution in [2.45, 2.75) is 60.5 Å². The third kappa shape index (κ3) is 4.51. The van der Waals surface area contributed by atoms with Gasteiger partial charge in [-0.25, -0.2) is 0 Å². The fraction of sp³-hybridized carbons (Fsp3) is 0.625. The maximum atomic E-state index is 3.63. The normalized spacial score (nSPS) is 13.1. The average Bonchev–Trinajstić information content (AvgIpc) is 2.14. The van der Waals surface area contributed by atoms with E-state index in [4.69, 9.17) is 0 Å². The molecule has 0 fully saturated rings. The van der Waals surface area contributed by atoms with Gasteiger partial charge in [-0.15, -0.1) is 0 Å². The third-order valence-corrected chi connectivity index (χ3v) is 3.29. The number of benzene rings is 1. The van der Waals surface area contributed by atoms with Crippen LogP contribution in [0.2, 0.25) is 0 Å². The van der Waals surface area contributed by atoms with Gasteiger partial charge in [-0.2, -0.15) is 0 Å². The molecule has 0 heterocycles. The zero-order valence-electron chi connectivity index (χ0n) is 12.2. The molecule has 1 atom stereocenters. The lowest BCUT2D eigenvalue weighted by molar-refractivity contribution is 0.441. The SMILES string of the molecule is Cc1cc(C)c(CNC(C)CC(C)C)c(C)c1. The van der Waals surface area contributed by atoms with Gasteiger partial charge in [-0.1, -0.05) is 31.5 Å². The third-order valence-electron chi connectivity index (χ3n) is 3.29. The van der Waals surface area contributed by atoms with E-state index in [0.717, 1.165) is 12.5 Å². The Morgan fingerprint density at radius 1 is 1.00 bits per heavy atom. The monoisotopic (exact) mass is 233 g/mol. The molecule has 0 aromatic heterocycles. The molecule has 0 saturated carbocycles. The van der Waals surface area contributed by atoms with Crippen molar-refractivity contribution in [3.8, 4) is 0 Å². The minimum absolute atomic E-state index is 0.593. The van der Waals surface area contributed by atoms with Crippen LogP contribution in [0, 0.1) is 26.7 Å². The van der Waals surface area contributed by atoms with Gasteiger partial charge in [0.25, 0.3) is 0 Å². The summed E-state index contributed by atoms with van der Waals surface area (Å²) in [7, 11) is 0. The van der Waals surface area contributed by atoms with Crippen molar-refractivity contribution in [2.75, 3.05) is 0 Å². The fourth-order valence-corrected chi connectivity index (χ4v) is 2.56. The quantitative estimate of drug-likeness (QED) is 0.806. The van der Waals surface area contributed by atoms with Crippen molar-refractivity contribution in [3.05, 3.63) is 34.4 Å². The van der Waals surface area contributed by atoms with Crippen LogP contribution in [0.5, 0.6) is 0 Å². The molecule has 96 valence electrons. The second kappa shape index (κ2) is 6.20. The Bertz CT molecular complexity index is 343. The maximum absolute atomic E-state index is 3.63. The highest BCUT2D eigenvalue weighted by Gasteiger charge is 2.07. The van der Waals surface area contributed by atoms with E-state index < -0.39 is 0 Å². The van der Waals surface area contributed by atoms with E-state index in [1.54, 1.807) is 0 Å². The van der Waals surface area contributed by atoms with Gasteiger partial charge in [0.05, 0.1) is 0 Å². The summed E-state index contributed by atoms with van der Waals surface area (Å²) >= 11 is 0. The van der Waals surface area contributed by atoms with Gasteiger partial charge in [-0.05, 0) is 56.7 Å². The van der Waals surface area contributed by atoms with Gasteiger partial charge in [0.2, 0.25) is 0 Å². The molecule has 1 heteroatoms. The van der Waals surface area contributed by atoms with Crippen molar-refractivity contribution >= 4 is 0 Å². The van der Waals surface area contributed by atoms with Crippen LogP contribution >= 0.6 is 0 Å². The van der Waals surface area contributed by atoms with Crippen LogP contribution < -0.4 is 5.32 Å². The van der Waals surface area contributed by atoms with E-state index >= 15 is 0 Å². The van der Waals surface area contributed by atoms with Gasteiger partial charge in [-0.3, -0.25) is 0 Å². The standard InChI is InChI=1S/C16H27N/c1-11(2)7-15(6)17-10-16-13(4)8-12(3)9-14(16)5/h8-9,11,15,17H,7,10H2,1-6H3. The zero-order chi connectivity index (χ0) is 13.0. The molecule has 0 radical (unpaired) electrons. The van der Waals surface area contributed by atoms with E-state index in [2.05, 4.69) is 59.0 Å². The molecule has 1 unspecified atom stereocenters. The van der Waals surface area contributed by atoms with Crippen molar-refractivity contribution in [3.63, 3.8) is 0 Å². The average molecular weight is 233 g/mol. The molecule has 1 aromatic carbocycles. The van der Waals surface area contributed by atoms with Crippen LogP contribution in [0.3, 0.4) is 0 Å². The molecule has 1 nitrogen and oxygen atoms in total. The first kappa shape index (κ1) is 14.2. The van der Waals surface area contributed by atoms with Crippen molar-refractivity contribution in [2.24, 2.45) is 5.92 Å². The second-order valence-electron chi connectivity index (χ2n) is 5.79. The molecule has 0 amide bonds. The molecule has 0 saturated heterocycles. The Morgan fingerprint density at radius 2 is 1.53 bits per heavy atom. The molecule has 0 aliphatic heterocycles. The van der Waals surface area contributed by atoms with Gasteiger partial charge < -0.3 is 5.32 Å². The van der Waals surface area contributed by atoms with E-state index in [1.165, 1.54) is 28.7 Å². The molecule has 17 heavy (non-hydrogen) atoms. The zero-order valence-corrected chi connectivity index (χ0v) is 12.2. The summed E-state index contributed by atoms with van der Waals surface area (Å²) in [4.78, 5) is 0. The fourth-order valence-electron chi connectivity index (χ4n) is 2.56. The summed E-state index contributed by atoms with van der Waals surface area (Å²) in [5.74, 6) is 0.762. The molecule has 1 rings (SSSR count). The van der Waals surface area contributed by atoms with Crippen molar-refractivity contribution < 1.29 is 0 Å². The summed E-state index contributed by atoms with van der Waals surface area (Å²) in [5.41, 5.74) is 5.64. The van der Waals surface area contributed by atoms with Crippen molar-refractivity contribution in [1.29, 1.82) is 0 Å². The Labute approximate surface area is 107 Å². The van der Waals surface area contributed by atoms with E-state index in [9.17, 15) is 0 Å². The number of hydrogen-bond donors (Lipinski definition) is 1. The molecular weight excluding hydrogens is 206 g/mol. The minimum atomic E-state index is 0.593. The van der Waals surface area contributed by atoms with E-state index in [-0.39, 0.29) is 0 Å². The minimum Gasteiger partial charge on any atom is -0.310 e. The first-order valence-corrected chi connectivity index (χ1v) is 6.70. The molecule has 1 N–H and O–H groups in total. The highest BCUT2D eigenvalue weighted by Crippen LogP contribution is 2.16. The molecule has 0 spiro atoms. The van der Waals surface area contributed by atoms with Gasteiger partial charge in [0.1, 0.15) is 0 Å². The number of hydrogen-bond acceptors (Lipinski definition) is 1. The molecule has 1 aromatic rings. The Kier molecular flexibility index (Phi) is 5.20. The Hall–Kier alpha value is -0.820. The van der Waals surface area contributed by atoms with Gasteiger partial charge >= 0.3 is 0 Å². The second-order valence-corrected chi connectivity index (χ2v) is 5.79. The predicted molar refractivity (Wildman–Crippen MR) is 76.4 cm³/mol. The summed E-state index contributed by atoms with van der Waals surface area (Å²) in [5, 5.41) is 3.63. The lowest BCUT2D eigenvalue weighted by Gasteiger charge is -2.18. The summed E-state index contributed by atoms with van der Waals surface area (Å²) < 4.78 is 0. The first-order valence-electron chi connectivity index (χ1n) is 6.70. The number of aryl methyl sites for hydroxylation is 3. The van der Waals surface area contributed by atoms with E-state index in [1.807, 2.05) is 0 Å². The highest BCUT2D eigenvalue weighted by molar-refractivity contribution is 5.37. The maximum Gasteiger partial charge on any atom is 0.0213 e.